The van der Waals surface area contributed by atoms with E-state index in [1.165, 1.54) is 6.21 Å². The van der Waals surface area contributed by atoms with Crippen molar-refractivity contribution in [3.8, 4) is 17.2 Å². The molecule has 1 N–H and O–H groups in total. The van der Waals surface area contributed by atoms with Crippen LogP contribution in [-0.4, -0.2) is 25.8 Å². The van der Waals surface area contributed by atoms with E-state index in [1.807, 2.05) is 19.1 Å². The molecule has 3 aromatic carbocycles. The Balaban J connectivity index is 1.39. The summed E-state index contributed by atoms with van der Waals surface area (Å²) in [5.74, 6) is 1.46. The Labute approximate surface area is 212 Å². The van der Waals surface area contributed by atoms with Crippen molar-refractivity contribution in [1.29, 1.82) is 0 Å². The molecule has 180 valence electrons. The second-order valence-electron chi connectivity index (χ2n) is 7.39. The number of hydrogen-bond acceptors (Lipinski definition) is 6. The molecule has 1 aromatic heterocycles. The van der Waals surface area contributed by atoms with Gasteiger partial charge in [-0.25, -0.2) is 5.43 Å². The summed E-state index contributed by atoms with van der Waals surface area (Å²) in [6.07, 6.45) is 1.50. The number of nitrogens with one attached hydrogen (secondary N) is 1. The molecule has 0 fully saturated rings. The van der Waals surface area contributed by atoms with Crippen LogP contribution in [-0.2, 0) is 6.61 Å². The first-order valence-electron chi connectivity index (χ1n) is 10.7. The molecule has 0 saturated carbocycles. The number of carbonyl (C=O) groups excluding carboxylic acids is 1. The molecule has 4 aromatic rings. The highest BCUT2D eigenvalue weighted by molar-refractivity contribution is 6.42. The van der Waals surface area contributed by atoms with E-state index in [-0.39, 0.29) is 5.76 Å². The van der Waals surface area contributed by atoms with Crippen LogP contribution >= 0.6 is 23.2 Å². The van der Waals surface area contributed by atoms with Gasteiger partial charge in [0.2, 0.25) is 0 Å². The van der Waals surface area contributed by atoms with Gasteiger partial charge in [-0.1, -0.05) is 29.3 Å². The molecule has 35 heavy (non-hydrogen) atoms. The summed E-state index contributed by atoms with van der Waals surface area (Å²) >= 11 is 12.0. The summed E-state index contributed by atoms with van der Waals surface area (Å²) < 4.78 is 22.4. The molecule has 9 heteroatoms. The van der Waals surface area contributed by atoms with E-state index in [0.29, 0.717) is 51.7 Å². The van der Waals surface area contributed by atoms with Crippen molar-refractivity contribution in [2.24, 2.45) is 5.10 Å². The lowest BCUT2D eigenvalue weighted by Gasteiger charge is -2.11. The largest absolute Gasteiger partial charge is 0.494 e. The zero-order valence-corrected chi connectivity index (χ0v) is 20.5. The van der Waals surface area contributed by atoms with E-state index in [1.54, 1.807) is 55.6 Å². The Bertz CT molecular complexity index is 1380. The molecule has 1 heterocycles. The smallest absolute Gasteiger partial charge is 0.307 e. The molecular formula is C26H22Cl2N2O5. The number of methoxy groups -OCH3 is 1. The van der Waals surface area contributed by atoms with Gasteiger partial charge in [-0.05, 0) is 72.6 Å². The summed E-state index contributed by atoms with van der Waals surface area (Å²) in [4.78, 5) is 12.4. The van der Waals surface area contributed by atoms with E-state index in [0.717, 1.165) is 10.9 Å². The van der Waals surface area contributed by atoms with Crippen molar-refractivity contribution in [1.82, 2.24) is 5.43 Å². The van der Waals surface area contributed by atoms with Crippen LogP contribution in [0.15, 0.2) is 70.2 Å². The van der Waals surface area contributed by atoms with E-state index >= 15 is 0 Å². The highest BCUT2D eigenvalue weighted by Gasteiger charge is 2.12. The molecular weight excluding hydrogens is 491 g/mol. The van der Waals surface area contributed by atoms with Gasteiger partial charge in [0.05, 0.1) is 30.0 Å². The molecule has 4 rings (SSSR count). The Morgan fingerprint density at radius 2 is 1.86 bits per heavy atom. The number of rotatable bonds is 9. The molecule has 0 unspecified atom stereocenters. The van der Waals surface area contributed by atoms with Crippen LogP contribution in [0.4, 0.5) is 0 Å². The fourth-order valence-corrected chi connectivity index (χ4v) is 3.61. The molecule has 0 saturated heterocycles. The van der Waals surface area contributed by atoms with Gasteiger partial charge >= 0.3 is 5.91 Å². The number of ether oxygens (including phenoxy) is 3. The van der Waals surface area contributed by atoms with Crippen LogP contribution in [0.25, 0.3) is 11.0 Å². The van der Waals surface area contributed by atoms with Crippen molar-refractivity contribution in [3.05, 3.63) is 87.6 Å². The first-order valence-corrected chi connectivity index (χ1v) is 11.5. The van der Waals surface area contributed by atoms with Crippen molar-refractivity contribution in [2.45, 2.75) is 13.5 Å². The van der Waals surface area contributed by atoms with Crippen LogP contribution in [0.1, 0.15) is 28.6 Å². The fourth-order valence-electron chi connectivity index (χ4n) is 3.28. The molecule has 0 bridgehead atoms. The van der Waals surface area contributed by atoms with Crippen molar-refractivity contribution in [2.75, 3.05) is 13.7 Å². The van der Waals surface area contributed by atoms with E-state index < -0.39 is 5.91 Å². The summed E-state index contributed by atoms with van der Waals surface area (Å²) in [7, 11) is 1.54. The number of amides is 1. The fraction of sp³-hybridized carbons (Fsp3) is 0.154. The maximum Gasteiger partial charge on any atom is 0.307 e. The zero-order valence-electron chi connectivity index (χ0n) is 19.0. The first-order chi connectivity index (χ1) is 17.0. The highest BCUT2D eigenvalue weighted by Crippen LogP contribution is 2.29. The minimum absolute atomic E-state index is 0.148. The maximum absolute atomic E-state index is 12.4. The molecule has 1 amide bonds. The van der Waals surface area contributed by atoms with Gasteiger partial charge < -0.3 is 18.6 Å². The van der Waals surface area contributed by atoms with Crippen LogP contribution in [0.3, 0.4) is 0 Å². The number of carbonyl (C=O) groups is 1. The van der Waals surface area contributed by atoms with Gasteiger partial charge in [0.15, 0.2) is 17.3 Å². The topological polar surface area (TPSA) is 82.3 Å². The molecule has 7 nitrogen and oxygen atoms in total. The average molecular weight is 513 g/mol. The van der Waals surface area contributed by atoms with E-state index in [2.05, 4.69) is 10.5 Å². The van der Waals surface area contributed by atoms with Crippen LogP contribution in [0, 0.1) is 0 Å². The minimum Gasteiger partial charge on any atom is -0.494 e. The van der Waals surface area contributed by atoms with Crippen LogP contribution < -0.4 is 19.6 Å². The van der Waals surface area contributed by atoms with Gasteiger partial charge in [0, 0.05) is 5.39 Å². The average Bonchev–Trinajstić information content (AvgIpc) is 3.29. The Hall–Kier alpha value is -3.68. The predicted molar refractivity (Wildman–Crippen MR) is 136 cm³/mol. The van der Waals surface area contributed by atoms with Crippen molar-refractivity contribution in [3.63, 3.8) is 0 Å². The number of halogens is 2. The summed E-state index contributed by atoms with van der Waals surface area (Å²) in [6, 6.07) is 17.6. The standard InChI is InChI=1S/C26H22Cl2N2O5/c1-3-33-19-6-9-22-18(12-19)13-25(35-22)26(31)30-29-14-16-5-8-23(24(11-16)32-2)34-15-17-4-7-20(27)21(28)10-17/h4-14H,3,15H2,1-2H3,(H,30,31)/b29-14+. The molecule has 0 aliphatic rings. The van der Waals surface area contributed by atoms with Gasteiger partial charge in [-0.3, -0.25) is 4.79 Å². The Morgan fingerprint density at radius 1 is 1.00 bits per heavy atom. The van der Waals surface area contributed by atoms with E-state index in [9.17, 15) is 4.79 Å². The van der Waals surface area contributed by atoms with Gasteiger partial charge in [-0.15, -0.1) is 0 Å². The lowest BCUT2D eigenvalue weighted by atomic mass is 10.2. The Morgan fingerprint density at radius 3 is 2.63 bits per heavy atom. The third-order valence-corrected chi connectivity index (χ3v) is 5.71. The predicted octanol–water partition coefficient (Wildman–Crippen LogP) is 6.49. The number of furan rings is 1. The van der Waals surface area contributed by atoms with Crippen LogP contribution in [0.2, 0.25) is 10.0 Å². The van der Waals surface area contributed by atoms with Gasteiger partial charge in [0.25, 0.3) is 0 Å². The number of hydrogen-bond donors (Lipinski definition) is 1. The molecule has 0 aliphatic heterocycles. The number of benzene rings is 3. The quantitative estimate of drug-likeness (QED) is 0.204. The van der Waals surface area contributed by atoms with Gasteiger partial charge in [-0.2, -0.15) is 5.10 Å². The second kappa shape index (κ2) is 11.2. The number of fused-ring (bicyclic) bond motifs is 1. The van der Waals surface area contributed by atoms with Crippen LogP contribution in [0.5, 0.6) is 17.2 Å². The zero-order chi connectivity index (χ0) is 24.8. The monoisotopic (exact) mass is 512 g/mol. The summed E-state index contributed by atoms with van der Waals surface area (Å²) in [5.41, 5.74) is 4.63. The summed E-state index contributed by atoms with van der Waals surface area (Å²) in [6.45, 7) is 2.76. The highest BCUT2D eigenvalue weighted by atomic mass is 35.5. The third kappa shape index (κ3) is 6.07. The molecule has 0 spiro atoms. The lowest BCUT2D eigenvalue weighted by Crippen LogP contribution is -2.16. The third-order valence-electron chi connectivity index (χ3n) is 4.97. The van der Waals surface area contributed by atoms with Crippen molar-refractivity contribution >= 4 is 46.3 Å². The number of nitrogens with zero attached hydrogens (tertiary/aromatic N) is 1. The summed E-state index contributed by atoms with van der Waals surface area (Å²) in [5, 5.41) is 5.74. The lowest BCUT2D eigenvalue weighted by molar-refractivity contribution is 0.0929. The minimum atomic E-state index is -0.469. The maximum atomic E-state index is 12.4. The number of hydrazone groups is 1. The normalized spacial score (nSPS) is 11.1. The first kappa shape index (κ1) is 24.4. The molecule has 0 atom stereocenters. The van der Waals surface area contributed by atoms with Gasteiger partial charge in [0.1, 0.15) is 17.9 Å². The SMILES string of the molecule is CCOc1ccc2oc(C(=O)N/N=C/c3ccc(OCc4ccc(Cl)c(Cl)c4)c(OC)c3)cc2c1. The Kier molecular flexibility index (Phi) is 7.80. The van der Waals surface area contributed by atoms with E-state index in [4.69, 9.17) is 41.8 Å². The molecule has 0 radical (unpaired) electrons. The van der Waals surface area contributed by atoms with Crippen molar-refractivity contribution < 1.29 is 23.4 Å². The molecule has 0 aliphatic carbocycles. The second-order valence-corrected chi connectivity index (χ2v) is 8.20.